The zero-order valence-corrected chi connectivity index (χ0v) is 14.0. The monoisotopic (exact) mass is 303 g/mol. The van der Waals surface area contributed by atoms with E-state index in [1.807, 2.05) is 19.3 Å². The Morgan fingerprint density at radius 2 is 2.05 bits per heavy atom. The van der Waals surface area contributed by atoms with Crippen molar-refractivity contribution in [1.29, 1.82) is 0 Å². The van der Waals surface area contributed by atoms with Crippen LogP contribution < -0.4 is 5.32 Å². The van der Waals surface area contributed by atoms with Gasteiger partial charge in [0.2, 0.25) is 0 Å². The van der Waals surface area contributed by atoms with E-state index < -0.39 is 0 Å². The van der Waals surface area contributed by atoms with Gasteiger partial charge in [-0.2, -0.15) is 0 Å². The van der Waals surface area contributed by atoms with E-state index in [1.54, 1.807) is 0 Å². The molecule has 1 aromatic heterocycles. The number of guanidine groups is 1. The molecule has 0 amide bonds. The van der Waals surface area contributed by atoms with Crippen LogP contribution in [0.4, 0.5) is 0 Å². The van der Waals surface area contributed by atoms with E-state index in [2.05, 4.69) is 26.7 Å². The number of rotatable bonds is 4. The Morgan fingerprint density at radius 1 is 1.32 bits per heavy atom. The third-order valence-corrected chi connectivity index (χ3v) is 5.14. The lowest BCUT2D eigenvalue weighted by molar-refractivity contribution is 0.299. The van der Waals surface area contributed by atoms with Crippen molar-refractivity contribution in [2.45, 2.75) is 46.1 Å². The van der Waals surface area contributed by atoms with Gasteiger partial charge in [0.25, 0.3) is 0 Å². The number of fused-ring (bicyclic) bond motifs is 1. The zero-order valence-electron chi connectivity index (χ0n) is 14.0. The lowest BCUT2D eigenvalue weighted by Gasteiger charge is -2.22. The summed E-state index contributed by atoms with van der Waals surface area (Å²) in [6.45, 7) is 9.24. The van der Waals surface area contributed by atoms with E-state index in [9.17, 15) is 0 Å². The minimum absolute atomic E-state index is 0.811. The first-order chi connectivity index (χ1) is 10.8. The largest absolute Gasteiger partial charge is 0.357 e. The van der Waals surface area contributed by atoms with Gasteiger partial charge in [0, 0.05) is 38.6 Å². The van der Waals surface area contributed by atoms with Gasteiger partial charge in [-0.25, -0.2) is 4.98 Å². The summed E-state index contributed by atoms with van der Waals surface area (Å²) in [5.41, 5.74) is 0. The second-order valence-corrected chi connectivity index (χ2v) is 6.61. The van der Waals surface area contributed by atoms with Crippen LogP contribution in [0.1, 0.15) is 38.4 Å². The molecule has 2 aliphatic rings. The second-order valence-electron chi connectivity index (χ2n) is 6.61. The van der Waals surface area contributed by atoms with Crippen LogP contribution in [0.3, 0.4) is 0 Å². The van der Waals surface area contributed by atoms with Gasteiger partial charge in [0.1, 0.15) is 5.82 Å². The van der Waals surface area contributed by atoms with Gasteiger partial charge in [-0.1, -0.05) is 12.8 Å². The number of nitrogens with one attached hydrogen (secondary N) is 1. The molecule has 3 rings (SSSR count). The molecule has 122 valence electrons. The van der Waals surface area contributed by atoms with Crippen molar-refractivity contribution in [3.05, 3.63) is 18.2 Å². The Balaban J connectivity index is 1.59. The van der Waals surface area contributed by atoms with E-state index in [1.165, 1.54) is 38.8 Å². The van der Waals surface area contributed by atoms with Crippen molar-refractivity contribution in [3.8, 4) is 0 Å². The Bertz CT molecular complexity index is 493. The smallest absolute Gasteiger partial charge is 0.193 e. The predicted octanol–water partition coefficient (Wildman–Crippen LogP) is 2.28. The zero-order chi connectivity index (χ0) is 15.4. The summed E-state index contributed by atoms with van der Waals surface area (Å²) in [6.07, 6.45) is 9.55. The van der Waals surface area contributed by atoms with Gasteiger partial charge in [-0.3, -0.25) is 4.99 Å². The third kappa shape index (κ3) is 3.45. The Hall–Kier alpha value is -1.52. The van der Waals surface area contributed by atoms with Crippen LogP contribution in [0, 0.1) is 18.8 Å². The van der Waals surface area contributed by atoms with E-state index in [-0.39, 0.29) is 0 Å². The number of nitrogens with zero attached hydrogens (tertiary/aromatic N) is 4. The number of hydrogen-bond acceptors (Lipinski definition) is 2. The number of hydrogen-bond donors (Lipinski definition) is 1. The minimum Gasteiger partial charge on any atom is -0.357 e. The van der Waals surface area contributed by atoms with Crippen LogP contribution in [-0.4, -0.2) is 46.6 Å². The van der Waals surface area contributed by atoms with Gasteiger partial charge in [0.05, 0.1) is 6.54 Å². The summed E-state index contributed by atoms with van der Waals surface area (Å²) in [5.74, 6) is 3.96. The highest BCUT2D eigenvalue weighted by Crippen LogP contribution is 2.35. The van der Waals surface area contributed by atoms with Crippen molar-refractivity contribution < 1.29 is 0 Å². The molecule has 22 heavy (non-hydrogen) atoms. The summed E-state index contributed by atoms with van der Waals surface area (Å²) in [4.78, 5) is 11.6. The molecule has 0 radical (unpaired) electrons. The third-order valence-electron chi connectivity index (χ3n) is 5.14. The van der Waals surface area contributed by atoms with E-state index in [0.29, 0.717) is 0 Å². The molecule has 2 atom stereocenters. The molecule has 1 aromatic rings. The summed E-state index contributed by atoms with van der Waals surface area (Å²) in [6, 6.07) is 0. The fourth-order valence-corrected chi connectivity index (χ4v) is 3.91. The van der Waals surface area contributed by atoms with Gasteiger partial charge >= 0.3 is 0 Å². The topological polar surface area (TPSA) is 45.5 Å². The molecule has 2 unspecified atom stereocenters. The lowest BCUT2D eigenvalue weighted by atomic mass is 9.82. The maximum atomic E-state index is 4.85. The Kier molecular flexibility index (Phi) is 5.01. The molecule has 5 heteroatoms. The first-order valence-electron chi connectivity index (χ1n) is 8.79. The summed E-state index contributed by atoms with van der Waals surface area (Å²) < 4.78 is 2.16. The number of aryl methyl sites for hydroxylation is 1. The molecule has 1 N–H and O–H groups in total. The average molecular weight is 303 g/mol. The van der Waals surface area contributed by atoms with Crippen LogP contribution in [0.2, 0.25) is 0 Å². The quantitative estimate of drug-likeness (QED) is 0.685. The van der Waals surface area contributed by atoms with Crippen molar-refractivity contribution in [2.75, 3.05) is 26.2 Å². The molecule has 2 fully saturated rings. The highest BCUT2D eigenvalue weighted by atomic mass is 15.3. The predicted molar refractivity (Wildman–Crippen MR) is 90.0 cm³/mol. The fourth-order valence-electron chi connectivity index (χ4n) is 3.91. The summed E-state index contributed by atoms with van der Waals surface area (Å²) in [5, 5.41) is 3.48. The number of likely N-dealkylation sites (tertiary alicyclic amines) is 1. The standard InChI is InChI=1S/C17H29N5/c1-3-18-17(20-9-11-21-10-8-19-14(21)2)22-12-15-6-4-5-7-16(15)13-22/h8,10,15-16H,3-7,9,11-13H2,1-2H3,(H,18,20). The van der Waals surface area contributed by atoms with Crippen LogP contribution >= 0.6 is 0 Å². The normalized spacial score (nSPS) is 25.4. The van der Waals surface area contributed by atoms with Crippen LogP contribution in [0.5, 0.6) is 0 Å². The van der Waals surface area contributed by atoms with Gasteiger partial charge in [-0.15, -0.1) is 0 Å². The highest BCUT2D eigenvalue weighted by Gasteiger charge is 2.35. The molecular formula is C17H29N5. The number of aromatic nitrogens is 2. The van der Waals surface area contributed by atoms with E-state index in [0.717, 1.165) is 43.3 Å². The molecule has 0 bridgehead atoms. The van der Waals surface area contributed by atoms with Gasteiger partial charge in [0.15, 0.2) is 5.96 Å². The summed E-state index contributed by atoms with van der Waals surface area (Å²) >= 11 is 0. The van der Waals surface area contributed by atoms with E-state index in [4.69, 9.17) is 4.99 Å². The van der Waals surface area contributed by atoms with Crippen LogP contribution in [0.25, 0.3) is 0 Å². The molecule has 2 heterocycles. The average Bonchev–Trinajstić information content (AvgIpc) is 3.12. The first-order valence-corrected chi connectivity index (χ1v) is 8.79. The molecule has 1 aliphatic carbocycles. The van der Waals surface area contributed by atoms with Crippen LogP contribution in [0.15, 0.2) is 17.4 Å². The van der Waals surface area contributed by atoms with Gasteiger partial charge in [-0.05, 0) is 38.5 Å². The van der Waals surface area contributed by atoms with Crippen molar-refractivity contribution >= 4 is 5.96 Å². The number of imidazole rings is 1. The molecule has 1 saturated carbocycles. The molecular weight excluding hydrogens is 274 g/mol. The Morgan fingerprint density at radius 3 is 2.64 bits per heavy atom. The Labute approximate surface area is 133 Å². The molecule has 5 nitrogen and oxygen atoms in total. The minimum atomic E-state index is 0.811. The van der Waals surface area contributed by atoms with Crippen molar-refractivity contribution in [3.63, 3.8) is 0 Å². The SMILES string of the molecule is CCNC(=NCCn1ccnc1C)N1CC2CCCCC2C1. The highest BCUT2D eigenvalue weighted by molar-refractivity contribution is 5.80. The number of aliphatic imine (C=N–C) groups is 1. The maximum absolute atomic E-state index is 4.85. The molecule has 1 aliphatic heterocycles. The lowest BCUT2D eigenvalue weighted by Crippen LogP contribution is -2.40. The molecule has 0 spiro atoms. The first kappa shape index (κ1) is 15.4. The van der Waals surface area contributed by atoms with E-state index >= 15 is 0 Å². The second kappa shape index (κ2) is 7.16. The molecule has 1 saturated heterocycles. The fraction of sp³-hybridized carbons (Fsp3) is 0.765. The maximum Gasteiger partial charge on any atom is 0.193 e. The summed E-state index contributed by atoms with van der Waals surface area (Å²) in [7, 11) is 0. The van der Waals surface area contributed by atoms with Crippen LogP contribution in [-0.2, 0) is 6.54 Å². The molecule has 0 aromatic carbocycles. The van der Waals surface area contributed by atoms with Gasteiger partial charge < -0.3 is 14.8 Å². The van der Waals surface area contributed by atoms with Crippen molar-refractivity contribution in [1.82, 2.24) is 19.8 Å². The van der Waals surface area contributed by atoms with Crippen molar-refractivity contribution in [2.24, 2.45) is 16.8 Å².